The molecule has 400 valence electrons. The zero-order chi connectivity index (χ0) is 53.2. The normalized spacial score (nSPS) is 20.2. The van der Waals surface area contributed by atoms with Gasteiger partial charge in [-0.1, -0.05) is 100 Å². The zero-order valence-electron chi connectivity index (χ0n) is 42.7. The van der Waals surface area contributed by atoms with E-state index in [9.17, 15) is 33.9 Å². The first kappa shape index (κ1) is 57.7. The number of likely N-dealkylation sites (tertiary alicyclic amines) is 1. The second-order valence-electron chi connectivity index (χ2n) is 19.8. The number of rotatable bonds is 25. The van der Waals surface area contributed by atoms with Crippen molar-refractivity contribution in [2.24, 2.45) is 28.1 Å². The van der Waals surface area contributed by atoms with Crippen LogP contribution in [0.5, 0.6) is 0 Å². The summed E-state index contributed by atoms with van der Waals surface area (Å²) < 4.78 is 0. The molecule has 1 unspecified atom stereocenters. The largest absolute Gasteiger partial charge is 0.394 e. The second kappa shape index (κ2) is 27.7. The van der Waals surface area contributed by atoms with Crippen LogP contribution in [-0.4, -0.2) is 142 Å². The molecule has 8 amide bonds. The molecule has 2 fully saturated rings. The molecule has 2 aliphatic heterocycles. The number of benzene rings is 2. The highest BCUT2D eigenvalue weighted by Gasteiger charge is 2.47. The third-order valence-corrected chi connectivity index (χ3v) is 14.9. The number of nitrogens with one attached hydrogen (secondary N) is 5. The number of thioether (sulfide) groups is 1. The highest BCUT2D eigenvalue weighted by atomic mass is 32.2. The molecule has 73 heavy (non-hydrogen) atoms. The molecular formula is C52H77N11O9S. The molecule has 0 spiro atoms. The predicted octanol–water partition coefficient (Wildman–Crippen LogP) is 1.21. The summed E-state index contributed by atoms with van der Waals surface area (Å²) >= 11 is 1.45. The summed E-state index contributed by atoms with van der Waals surface area (Å²) in [4.78, 5) is 119. The summed E-state index contributed by atoms with van der Waals surface area (Å²) in [5.74, 6) is -5.01. The Balaban J connectivity index is 1.45. The number of hydrogen-bond donors (Lipinski definition) is 9. The van der Waals surface area contributed by atoms with Crippen LogP contribution in [0.3, 0.4) is 0 Å². The van der Waals surface area contributed by atoms with Gasteiger partial charge in [-0.05, 0) is 80.1 Å². The first-order chi connectivity index (χ1) is 34.9. The maximum atomic E-state index is 15.1. The first-order valence-electron chi connectivity index (χ1n) is 25.6. The molecule has 20 nitrogen and oxygen atoms in total. The van der Waals surface area contributed by atoms with E-state index in [4.69, 9.17) is 17.2 Å². The third-order valence-electron chi connectivity index (χ3n) is 14.3. The van der Waals surface area contributed by atoms with Crippen LogP contribution < -0.4 is 43.8 Å². The van der Waals surface area contributed by atoms with E-state index in [-0.39, 0.29) is 63.1 Å². The van der Waals surface area contributed by atoms with Crippen molar-refractivity contribution in [3.8, 4) is 0 Å². The Labute approximate surface area is 432 Å². The summed E-state index contributed by atoms with van der Waals surface area (Å²) in [6.07, 6.45) is 8.99. The number of carbonyl (C=O) groups is 8. The topological polar surface area (TPSA) is 314 Å². The molecule has 1 aliphatic carbocycles. The van der Waals surface area contributed by atoms with Crippen molar-refractivity contribution in [2.75, 3.05) is 31.7 Å². The Morgan fingerprint density at radius 1 is 0.781 bits per heavy atom. The maximum Gasteiger partial charge on any atom is 0.246 e. The fraction of sp³-hybridized carbons (Fsp3) is 0.596. The van der Waals surface area contributed by atoms with E-state index in [0.717, 1.165) is 48.8 Å². The van der Waals surface area contributed by atoms with Crippen molar-refractivity contribution < 1.29 is 43.5 Å². The Morgan fingerprint density at radius 2 is 1.42 bits per heavy atom. The van der Waals surface area contributed by atoms with E-state index in [2.05, 4.69) is 31.6 Å². The molecule has 12 N–H and O–H groups in total. The molecule has 2 heterocycles. The van der Waals surface area contributed by atoms with Gasteiger partial charge in [0.15, 0.2) is 5.96 Å². The van der Waals surface area contributed by atoms with Gasteiger partial charge in [0.25, 0.3) is 0 Å². The summed E-state index contributed by atoms with van der Waals surface area (Å²) in [5, 5.41) is 24.3. The minimum atomic E-state index is -1.50. The Bertz CT molecular complexity index is 2280. The number of guanidine groups is 1. The zero-order valence-corrected chi connectivity index (χ0v) is 43.6. The standard InChI is InChI=1S/C52H77N11O9S/c1-5-24-52(3,50(53)72)61-45(67)41(31-64)60-47(69)43-37(34-17-10-7-11-18-34)22-26-62(43)48(70)39(23-27-73-4)59-46(68)42-29-35-19-12-13-20-36(35)30-63(42)49(71)38(21-14-25-56-51(54)55)58-44(66)40(57-32(2)65)28-33-15-8-6-9-16-33/h7,10-13,17-20,33,37-43,64H,5-6,8-9,14-16,21-31H2,1-4H3,(H2,53,72)(H,57,65)(H,58,66)(H,59,68)(H,60,69)(H,61,67)(H4,54,55,56)/t37?,38-,39-,40-,41-,42-,43-,52-/m0/s1. The lowest BCUT2D eigenvalue weighted by atomic mass is 9.84. The average Bonchev–Trinajstić information content (AvgIpc) is 3.82. The number of nitrogens with zero attached hydrogens (tertiary/aromatic N) is 3. The Kier molecular flexibility index (Phi) is 21.9. The summed E-state index contributed by atoms with van der Waals surface area (Å²) in [6, 6.07) is 9.48. The third kappa shape index (κ3) is 15.9. The molecule has 3 aliphatic rings. The molecule has 0 bridgehead atoms. The fourth-order valence-electron chi connectivity index (χ4n) is 10.4. The number of amides is 8. The van der Waals surface area contributed by atoms with E-state index in [1.165, 1.54) is 35.4 Å². The molecule has 8 atom stereocenters. The minimum absolute atomic E-state index is 0.0117. The average molecular weight is 1030 g/mol. The van der Waals surface area contributed by atoms with E-state index < -0.39 is 95.7 Å². The highest BCUT2D eigenvalue weighted by molar-refractivity contribution is 7.98. The van der Waals surface area contributed by atoms with Gasteiger partial charge in [0.2, 0.25) is 47.3 Å². The number of carbonyl (C=O) groups excluding carboxylic acids is 8. The van der Waals surface area contributed by atoms with Gasteiger partial charge >= 0.3 is 0 Å². The van der Waals surface area contributed by atoms with E-state index >= 15 is 9.59 Å². The number of aliphatic imine (C=N–C) groups is 1. The van der Waals surface area contributed by atoms with Gasteiger partial charge in [0, 0.05) is 38.9 Å². The molecule has 0 aromatic heterocycles. The van der Waals surface area contributed by atoms with Crippen molar-refractivity contribution in [2.45, 2.75) is 158 Å². The van der Waals surface area contributed by atoms with Gasteiger partial charge in [-0.25, -0.2) is 0 Å². The van der Waals surface area contributed by atoms with Crippen LogP contribution in [0.4, 0.5) is 0 Å². The quantitative estimate of drug-likeness (QED) is 0.0385. The van der Waals surface area contributed by atoms with Crippen molar-refractivity contribution in [1.82, 2.24) is 36.4 Å². The van der Waals surface area contributed by atoms with Gasteiger partial charge < -0.3 is 58.7 Å². The lowest BCUT2D eigenvalue weighted by Crippen LogP contribution is -2.63. The van der Waals surface area contributed by atoms with Crippen LogP contribution in [0.15, 0.2) is 59.6 Å². The highest BCUT2D eigenvalue weighted by Crippen LogP contribution is 2.35. The Morgan fingerprint density at radius 3 is 2.05 bits per heavy atom. The van der Waals surface area contributed by atoms with Crippen molar-refractivity contribution in [1.29, 1.82) is 0 Å². The Hall–Kier alpha value is -6.22. The van der Waals surface area contributed by atoms with Gasteiger partial charge in [0.05, 0.1) is 6.61 Å². The molecule has 1 saturated carbocycles. The molecule has 2 aromatic carbocycles. The minimum Gasteiger partial charge on any atom is -0.394 e. The SMILES string of the molecule is CCC[C@](C)(NC(=O)[C@H](CO)NC(=O)[C@@H]1C(c2ccccc2)CCN1C(=O)[C@H](CCSC)NC(=O)[C@@H]1Cc2ccccc2CN1C(=O)[C@H](CCCN=C(N)N)NC(=O)[C@H](CC1CCCCC1)NC(C)=O)C(N)=O. The number of nitrogens with two attached hydrogens (primary N) is 3. The lowest BCUT2D eigenvalue weighted by Gasteiger charge is -2.39. The molecule has 21 heteroatoms. The molecule has 2 aromatic rings. The summed E-state index contributed by atoms with van der Waals surface area (Å²) in [7, 11) is 0. The number of aliphatic hydroxyl groups is 1. The monoisotopic (exact) mass is 1030 g/mol. The molecule has 0 radical (unpaired) electrons. The van der Waals surface area contributed by atoms with Crippen LogP contribution in [0.25, 0.3) is 0 Å². The van der Waals surface area contributed by atoms with Crippen molar-refractivity contribution in [3.05, 3.63) is 71.3 Å². The number of primary amides is 1. The van der Waals surface area contributed by atoms with Crippen molar-refractivity contribution in [3.63, 3.8) is 0 Å². The van der Waals surface area contributed by atoms with E-state index in [1.807, 2.05) is 67.8 Å². The molecule has 1 saturated heterocycles. The van der Waals surface area contributed by atoms with Crippen LogP contribution in [-0.2, 0) is 51.3 Å². The van der Waals surface area contributed by atoms with Crippen LogP contribution in [0.1, 0.15) is 120 Å². The molecule has 5 rings (SSSR count). The van der Waals surface area contributed by atoms with Crippen LogP contribution >= 0.6 is 11.8 Å². The van der Waals surface area contributed by atoms with Crippen LogP contribution in [0.2, 0.25) is 0 Å². The van der Waals surface area contributed by atoms with Gasteiger partial charge in [-0.2, -0.15) is 11.8 Å². The maximum absolute atomic E-state index is 15.1. The van der Waals surface area contributed by atoms with Gasteiger partial charge in [0.1, 0.15) is 41.8 Å². The van der Waals surface area contributed by atoms with Gasteiger partial charge in [-0.3, -0.25) is 43.3 Å². The lowest BCUT2D eigenvalue weighted by molar-refractivity contribution is -0.147. The fourth-order valence-corrected chi connectivity index (χ4v) is 10.9. The van der Waals surface area contributed by atoms with E-state index in [1.54, 1.807) is 0 Å². The summed E-state index contributed by atoms with van der Waals surface area (Å²) in [6.45, 7) is 4.09. The summed E-state index contributed by atoms with van der Waals surface area (Å²) in [5.41, 5.74) is 17.8. The predicted molar refractivity (Wildman–Crippen MR) is 279 cm³/mol. The number of hydrogen-bond acceptors (Lipinski definition) is 11. The van der Waals surface area contributed by atoms with E-state index in [0.29, 0.717) is 31.4 Å². The first-order valence-corrected chi connectivity index (χ1v) is 27.0. The number of aliphatic hydroxyl groups excluding tert-OH is 1. The van der Waals surface area contributed by atoms with Crippen molar-refractivity contribution >= 4 is 65.0 Å². The smallest absolute Gasteiger partial charge is 0.246 e. The molecular weight excluding hydrogens is 955 g/mol. The van der Waals surface area contributed by atoms with Crippen LogP contribution in [0, 0.1) is 5.92 Å². The number of fused-ring (bicyclic) bond motifs is 1. The second-order valence-corrected chi connectivity index (χ2v) is 20.7. The van der Waals surface area contributed by atoms with Gasteiger partial charge in [-0.15, -0.1) is 0 Å².